The quantitative estimate of drug-likeness (QED) is 0.514. The van der Waals surface area contributed by atoms with E-state index in [1.54, 1.807) is 31.6 Å². The summed E-state index contributed by atoms with van der Waals surface area (Å²) in [5.41, 5.74) is 2.83. The second-order valence-corrected chi connectivity index (χ2v) is 6.44. The molecular weight excluding hydrogens is 358 g/mol. The topological polar surface area (TPSA) is 98.0 Å². The molecule has 0 aliphatic carbocycles. The van der Waals surface area contributed by atoms with Crippen LogP contribution in [-0.2, 0) is 11.3 Å². The number of furan rings is 1. The van der Waals surface area contributed by atoms with E-state index < -0.39 is 0 Å². The van der Waals surface area contributed by atoms with Gasteiger partial charge in [-0.15, -0.1) is 0 Å². The lowest BCUT2D eigenvalue weighted by Gasteiger charge is -2.15. The van der Waals surface area contributed by atoms with Crippen LogP contribution in [0.1, 0.15) is 29.3 Å². The first kappa shape index (κ1) is 18.0. The number of hydrogen-bond donors (Lipinski definition) is 2. The first-order valence-electron chi connectivity index (χ1n) is 9.01. The standard InChI is InChI=1S/C20H21N5O3/c1-13(19-22-14-6-3-4-7-17(14)25(19)9-11-27-2)21-20(26)16-12-15(23-24-16)18-8-5-10-28-18/h3-8,10,12-13H,9,11H2,1-2H3,(H,21,26)(H,23,24)/t13-/m1/s1. The molecule has 1 atom stereocenters. The molecule has 144 valence electrons. The van der Waals surface area contributed by atoms with Crippen LogP contribution in [0.25, 0.3) is 22.5 Å². The van der Waals surface area contributed by atoms with Gasteiger partial charge < -0.3 is 19.0 Å². The van der Waals surface area contributed by atoms with Crippen LogP contribution in [0.2, 0.25) is 0 Å². The predicted molar refractivity (Wildman–Crippen MR) is 104 cm³/mol. The number of carbonyl (C=O) groups is 1. The van der Waals surface area contributed by atoms with Gasteiger partial charge >= 0.3 is 0 Å². The number of nitrogens with zero attached hydrogens (tertiary/aromatic N) is 3. The normalized spacial score (nSPS) is 12.4. The number of H-pyrrole nitrogens is 1. The molecule has 4 aromatic rings. The number of nitrogens with one attached hydrogen (secondary N) is 2. The molecule has 0 aliphatic rings. The summed E-state index contributed by atoms with van der Waals surface area (Å²) < 4.78 is 12.6. The fourth-order valence-electron chi connectivity index (χ4n) is 3.17. The zero-order valence-electron chi connectivity index (χ0n) is 15.7. The number of amides is 1. The highest BCUT2D eigenvalue weighted by molar-refractivity contribution is 5.93. The first-order valence-corrected chi connectivity index (χ1v) is 9.01. The van der Waals surface area contributed by atoms with Crippen LogP contribution in [0, 0.1) is 0 Å². The third kappa shape index (κ3) is 3.41. The maximum Gasteiger partial charge on any atom is 0.272 e. The van der Waals surface area contributed by atoms with E-state index in [4.69, 9.17) is 14.1 Å². The van der Waals surface area contributed by atoms with Crippen LogP contribution in [0.3, 0.4) is 0 Å². The van der Waals surface area contributed by atoms with Crippen molar-refractivity contribution in [2.75, 3.05) is 13.7 Å². The molecule has 0 saturated carbocycles. The molecule has 0 bridgehead atoms. The zero-order chi connectivity index (χ0) is 19.5. The van der Waals surface area contributed by atoms with Crippen molar-refractivity contribution >= 4 is 16.9 Å². The van der Waals surface area contributed by atoms with Crippen molar-refractivity contribution in [3.63, 3.8) is 0 Å². The number of benzene rings is 1. The van der Waals surface area contributed by atoms with Crippen LogP contribution in [-0.4, -0.2) is 39.4 Å². The van der Waals surface area contributed by atoms with Crippen LogP contribution in [0.15, 0.2) is 53.1 Å². The van der Waals surface area contributed by atoms with E-state index in [1.807, 2.05) is 31.2 Å². The summed E-state index contributed by atoms with van der Waals surface area (Å²) in [5.74, 6) is 1.11. The molecule has 8 heteroatoms. The second-order valence-electron chi connectivity index (χ2n) is 6.44. The van der Waals surface area contributed by atoms with Crippen molar-refractivity contribution in [3.8, 4) is 11.5 Å². The lowest BCUT2D eigenvalue weighted by molar-refractivity contribution is 0.0932. The summed E-state index contributed by atoms with van der Waals surface area (Å²) in [7, 11) is 1.66. The molecule has 4 rings (SSSR count). The fourth-order valence-corrected chi connectivity index (χ4v) is 3.17. The van der Waals surface area contributed by atoms with Gasteiger partial charge in [0, 0.05) is 19.7 Å². The van der Waals surface area contributed by atoms with Crippen LogP contribution < -0.4 is 5.32 Å². The molecule has 28 heavy (non-hydrogen) atoms. The van der Waals surface area contributed by atoms with Gasteiger partial charge in [0.2, 0.25) is 0 Å². The minimum Gasteiger partial charge on any atom is -0.463 e. The highest BCUT2D eigenvalue weighted by Gasteiger charge is 2.20. The number of aromatic nitrogens is 4. The van der Waals surface area contributed by atoms with Crippen LogP contribution in [0.4, 0.5) is 0 Å². The van der Waals surface area contributed by atoms with Gasteiger partial charge in [-0.3, -0.25) is 9.89 Å². The van der Waals surface area contributed by atoms with Gasteiger partial charge in [0.1, 0.15) is 11.5 Å². The summed E-state index contributed by atoms with van der Waals surface area (Å²) in [6, 6.07) is 12.8. The Labute approximate surface area is 161 Å². The van der Waals surface area contributed by atoms with Gasteiger partial charge in [0.15, 0.2) is 11.5 Å². The molecule has 0 unspecified atom stereocenters. The fraction of sp³-hybridized carbons (Fsp3) is 0.250. The summed E-state index contributed by atoms with van der Waals surface area (Å²) in [6.07, 6.45) is 1.57. The van der Waals surface area contributed by atoms with E-state index in [1.165, 1.54) is 0 Å². The van der Waals surface area contributed by atoms with Crippen molar-refractivity contribution < 1.29 is 13.9 Å². The van der Waals surface area contributed by atoms with Gasteiger partial charge in [-0.2, -0.15) is 5.10 Å². The Hall–Kier alpha value is -3.39. The minimum atomic E-state index is -0.305. The summed E-state index contributed by atoms with van der Waals surface area (Å²) in [4.78, 5) is 17.4. The van der Waals surface area contributed by atoms with Crippen LogP contribution >= 0.6 is 0 Å². The van der Waals surface area contributed by atoms with E-state index >= 15 is 0 Å². The Balaban J connectivity index is 1.56. The maximum absolute atomic E-state index is 12.7. The van der Waals surface area contributed by atoms with E-state index in [0.29, 0.717) is 24.6 Å². The van der Waals surface area contributed by atoms with Crippen LogP contribution in [0.5, 0.6) is 0 Å². The number of fused-ring (bicyclic) bond motifs is 1. The SMILES string of the molecule is COCCn1c([C@@H](C)NC(=O)c2cc(-c3ccco3)[nH]n2)nc2ccccc21. The molecule has 0 radical (unpaired) electrons. The number of ether oxygens (including phenoxy) is 1. The highest BCUT2D eigenvalue weighted by Crippen LogP contribution is 2.22. The van der Waals surface area contributed by atoms with Crippen molar-refractivity contribution in [2.45, 2.75) is 19.5 Å². The Morgan fingerprint density at radius 2 is 2.18 bits per heavy atom. The molecular formula is C20H21N5O3. The van der Waals surface area contributed by atoms with E-state index in [-0.39, 0.29) is 17.6 Å². The molecule has 3 aromatic heterocycles. The Bertz CT molecular complexity index is 1080. The number of aromatic amines is 1. The Kier molecular flexibility index (Phi) is 4.94. The Morgan fingerprint density at radius 3 is 2.96 bits per heavy atom. The molecule has 0 spiro atoms. The van der Waals surface area contributed by atoms with Gasteiger partial charge in [-0.25, -0.2) is 4.98 Å². The van der Waals surface area contributed by atoms with Gasteiger partial charge in [0.05, 0.1) is 29.9 Å². The van der Waals surface area contributed by atoms with Gasteiger partial charge in [-0.05, 0) is 31.2 Å². The molecule has 8 nitrogen and oxygen atoms in total. The van der Waals surface area contributed by atoms with Crippen molar-refractivity contribution in [3.05, 3.63) is 60.2 Å². The molecule has 3 heterocycles. The third-order valence-corrected chi connectivity index (χ3v) is 4.54. The predicted octanol–water partition coefficient (Wildman–Crippen LogP) is 3.16. The number of methoxy groups -OCH3 is 1. The number of para-hydroxylation sites is 2. The van der Waals surface area contributed by atoms with Gasteiger partial charge in [-0.1, -0.05) is 12.1 Å². The lowest BCUT2D eigenvalue weighted by Crippen LogP contribution is -2.29. The van der Waals surface area contributed by atoms with E-state index in [2.05, 4.69) is 20.1 Å². The molecule has 0 aliphatic heterocycles. The summed E-state index contributed by atoms with van der Waals surface area (Å²) >= 11 is 0. The monoisotopic (exact) mass is 379 g/mol. The largest absolute Gasteiger partial charge is 0.463 e. The number of carbonyl (C=O) groups excluding carboxylic acids is 1. The average Bonchev–Trinajstić information content (AvgIpc) is 3.45. The smallest absolute Gasteiger partial charge is 0.272 e. The average molecular weight is 379 g/mol. The highest BCUT2D eigenvalue weighted by atomic mass is 16.5. The lowest BCUT2D eigenvalue weighted by atomic mass is 10.2. The van der Waals surface area contributed by atoms with Crippen molar-refractivity contribution in [2.24, 2.45) is 0 Å². The number of rotatable bonds is 7. The third-order valence-electron chi connectivity index (χ3n) is 4.54. The molecule has 1 aromatic carbocycles. The summed E-state index contributed by atoms with van der Waals surface area (Å²) in [5, 5.41) is 9.88. The molecule has 0 fully saturated rings. The molecule has 2 N–H and O–H groups in total. The van der Waals surface area contributed by atoms with Crippen molar-refractivity contribution in [1.29, 1.82) is 0 Å². The van der Waals surface area contributed by atoms with Crippen molar-refractivity contribution in [1.82, 2.24) is 25.1 Å². The first-order chi connectivity index (χ1) is 13.7. The molecule has 1 amide bonds. The maximum atomic E-state index is 12.7. The zero-order valence-corrected chi connectivity index (χ0v) is 15.7. The van der Waals surface area contributed by atoms with E-state index in [0.717, 1.165) is 16.9 Å². The number of hydrogen-bond acceptors (Lipinski definition) is 5. The summed E-state index contributed by atoms with van der Waals surface area (Å²) in [6.45, 7) is 3.11. The minimum absolute atomic E-state index is 0.285. The second kappa shape index (κ2) is 7.69. The van der Waals surface area contributed by atoms with E-state index in [9.17, 15) is 4.79 Å². The van der Waals surface area contributed by atoms with Gasteiger partial charge in [0.25, 0.3) is 5.91 Å². The molecule has 0 saturated heterocycles. The number of imidazole rings is 1. The Morgan fingerprint density at radius 1 is 1.32 bits per heavy atom.